The minimum atomic E-state index is -0.810. The van der Waals surface area contributed by atoms with Crippen molar-refractivity contribution in [3.05, 3.63) is 29.3 Å². The number of carboxylic acids is 1. The molecule has 1 N–H and O–H groups in total. The van der Waals surface area contributed by atoms with Crippen LogP contribution in [0.5, 0.6) is 5.75 Å². The fraction of sp³-hybridized carbons (Fsp3) is 0.529. The number of ether oxygens (including phenoxy) is 1. The number of hydrogen-bond acceptors (Lipinski definition) is 3. The molecule has 1 aliphatic rings. The largest absolute Gasteiger partial charge is 0.496 e. The van der Waals surface area contributed by atoms with Crippen LogP contribution in [0.2, 0.25) is 0 Å². The first-order chi connectivity index (χ1) is 10.5. The number of likely N-dealkylation sites (tertiary alicyclic amines) is 1. The Morgan fingerprint density at radius 3 is 2.82 bits per heavy atom. The van der Waals surface area contributed by atoms with Gasteiger partial charge in [0.2, 0.25) is 0 Å². The smallest absolute Gasteiger partial charge is 0.303 e. The maximum atomic E-state index is 12.8. The summed E-state index contributed by atoms with van der Waals surface area (Å²) in [6, 6.07) is 5.47. The minimum absolute atomic E-state index is 0.0182. The molecule has 0 aliphatic carbocycles. The van der Waals surface area contributed by atoms with Crippen LogP contribution in [0, 0.1) is 6.92 Å². The summed E-state index contributed by atoms with van der Waals surface area (Å²) in [7, 11) is 1.59. The van der Waals surface area contributed by atoms with Gasteiger partial charge >= 0.3 is 5.97 Å². The molecular weight excluding hydrogens is 282 g/mol. The number of benzene rings is 1. The van der Waals surface area contributed by atoms with E-state index in [1.165, 1.54) is 0 Å². The second kappa shape index (κ2) is 7.29. The second-order valence-corrected chi connectivity index (χ2v) is 5.76. The summed E-state index contributed by atoms with van der Waals surface area (Å²) in [5.74, 6) is -0.145. The lowest BCUT2D eigenvalue weighted by Gasteiger charge is -2.35. The van der Waals surface area contributed by atoms with Gasteiger partial charge in [-0.1, -0.05) is 6.07 Å². The summed E-state index contributed by atoms with van der Waals surface area (Å²) in [5.41, 5.74) is 1.59. The number of aliphatic carboxylic acids is 1. The third-order valence-electron chi connectivity index (χ3n) is 4.23. The Labute approximate surface area is 130 Å². The zero-order valence-corrected chi connectivity index (χ0v) is 13.2. The number of aryl methyl sites for hydroxylation is 1. The quantitative estimate of drug-likeness (QED) is 0.908. The Hall–Kier alpha value is -2.04. The molecule has 1 aromatic carbocycles. The Balaban J connectivity index is 2.16. The van der Waals surface area contributed by atoms with Crippen molar-refractivity contribution in [2.45, 2.75) is 45.1 Å². The van der Waals surface area contributed by atoms with E-state index in [0.717, 1.165) is 24.8 Å². The molecule has 0 spiro atoms. The highest BCUT2D eigenvalue weighted by Crippen LogP contribution is 2.25. The summed E-state index contributed by atoms with van der Waals surface area (Å²) in [4.78, 5) is 25.4. The third-order valence-corrected chi connectivity index (χ3v) is 4.23. The summed E-state index contributed by atoms with van der Waals surface area (Å²) in [5, 5.41) is 8.86. The lowest BCUT2D eigenvalue weighted by Crippen LogP contribution is -2.44. The van der Waals surface area contributed by atoms with Crippen molar-refractivity contribution in [2.24, 2.45) is 0 Å². The number of piperidine rings is 1. The van der Waals surface area contributed by atoms with Crippen LogP contribution in [0.25, 0.3) is 0 Å². The minimum Gasteiger partial charge on any atom is -0.496 e. The zero-order valence-electron chi connectivity index (χ0n) is 13.2. The van der Waals surface area contributed by atoms with Crippen molar-refractivity contribution in [1.29, 1.82) is 0 Å². The van der Waals surface area contributed by atoms with Gasteiger partial charge in [-0.05, 0) is 50.3 Å². The highest BCUT2D eigenvalue weighted by atomic mass is 16.5. The molecule has 1 fully saturated rings. The van der Waals surface area contributed by atoms with Crippen LogP contribution in [-0.4, -0.2) is 41.6 Å². The summed E-state index contributed by atoms with van der Waals surface area (Å²) >= 11 is 0. The lowest BCUT2D eigenvalue weighted by atomic mass is 9.96. The molecule has 0 radical (unpaired) electrons. The molecule has 22 heavy (non-hydrogen) atoms. The number of hydrogen-bond donors (Lipinski definition) is 1. The van der Waals surface area contributed by atoms with Crippen molar-refractivity contribution < 1.29 is 19.4 Å². The summed E-state index contributed by atoms with van der Waals surface area (Å²) < 4.78 is 5.28. The number of carboxylic acid groups (broad SMARTS) is 1. The molecule has 0 bridgehead atoms. The molecule has 1 aromatic rings. The van der Waals surface area contributed by atoms with Crippen molar-refractivity contribution in [3.8, 4) is 5.75 Å². The van der Waals surface area contributed by atoms with Crippen LogP contribution in [0.1, 0.15) is 48.0 Å². The van der Waals surface area contributed by atoms with Crippen molar-refractivity contribution in [2.75, 3.05) is 13.7 Å². The van der Waals surface area contributed by atoms with E-state index < -0.39 is 5.97 Å². The number of carbonyl (C=O) groups is 2. The van der Waals surface area contributed by atoms with E-state index in [4.69, 9.17) is 9.84 Å². The van der Waals surface area contributed by atoms with Gasteiger partial charge in [0.05, 0.1) is 7.11 Å². The Bertz CT molecular complexity index is 556. The molecule has 1 heterocycles. The SMILES string of the molecule is COc1cc(C(=O)N2CCCCC2CCC(=O)O)ccc1C. The molecule has 120 valence electrons. The maximum Gasteiger partial charge on any atom is 0.303 e. The molecule has 0 saturated carbocycles. The van der Waals surface area contributed by atoms with Crippen LogP contribution in [0.4, 0.5) is 0 Å². The van der Waals surface area contributed by atoms with Crippen LogP contribution in [0.3, 0.4) is 0 Å². The maximum absolute atomic E-state index is 12.8. The fourth-order valence-electron chi connectivity index (χ4n) is 2.98. The molecular formula is C17H23NO4. The van der Waals surface area contributed by atoms with Gasteiger partial charge in [-0.25, -0.2) is 0 Å². The van der Waals surface area contributed by atoms with E-state index in [1.54, 1.807) is 13.2 Å². The molecule has 1 aliphatic heterocycles. The molecule has 0 aromatic heterocycles. The highest BCUT2D eigenvalue weighted by molar-refractivity contribution is 5.95. The third kappa shape index (κ3) is 3.78. The Morgan fingerprint density at radius 2 is 2.14 bits per heavy atom. The molecule has 5 nitrogen and oxygen atoms in total. The predicted molar refractivity (Wildman–Crippen MR) is 83.3 cm³/mol. The van der Waals surface area contributed by atoms with E-state index in [2.05, 4.69) is 0 Å². The van der Waals surface area contributed by atoms with Gasteiger partial charge in [0, 0.05) is 24.6 Å². The van der Waals surface area contributed by atoms with E-state index >= 15 is 0 Å². The van der Waals surface area contributed by atoms with Gasteiger partial charge in [-0.2, -0.15) is 0 Å². The normalized spacial score (nSPS) is 18.1. The summed E-state index contributed by atoms with van der Waals surface area (Å²) in [6.45, 7) is 2.63. The van der Waals surface area contributed by atoms with Gasteiger partial charge in [-0.15, -0.1) is 0 Å². The van der Waals surface area contributed by atoms with Crippen LogP contribution in [-0.2, 0) is 4.79 Å². The van der Waals surface area contributed by atoms with E-state index in [-0.39, 0.29) is 18.4 Å². The molecule has 1 atom stereocenters. The first kappa shape index (κ1) is 16.3. The second-order valence-electron chi connectivity index (χ2n) is 5.76. The van der Waals surface area contributed by atoms with E-state index in [1.807, 2.05) is 24.0 Å². The first-order valence-corrected chi connectivity index (χ1v) is 7.70. The number of amides is 1. The molecule has 1 amide bonds. The van der Waals surface area contributed by atoms with Crippen LogP contribution < -0.4 is 4.74 Å². The van der Waals surface area contributed by atoms with Crippen molar-refractivity contribution in [3.63, 3.8) is 0 Å². The number of rotatable bonds is 5. The molecule has 1 saturated heterocycles. The average Bonchev–Trinajstić information content (AvgIpc) is 2.53. The fourth-order valence-corrected chi connectivity index (χ4v) is 2.98. The van der Waals surface area contributed by atoms with Gasteiger partial charge < -0.3 is 14.7 Å². The monoisotopic (exact) mass is 305 g/mol. The molecule has 1 unspecified atom stereocenters. The van der Waals surface area contributed by atoms with Crippen LogP contribution in [0.15, 0.2) is 18.2 Å². The average molecular weight is 305 g/mol. The topological polar surface area (TPSA) is 66.8 Å². The standard InChI is InChI=1S/C17H23NO4/c1-12-6-7-13(11-15(12)22-2)17(21)18-10-4-3-5-14(18)8-9-16(19)20/h6-7,11,14H,3-5,8-10H2,1-2H3,(H,19,20). The van der Waals surface area contributed by atoms with Crippen molar-refractivity contribution in [1.82, 2.24) is 4.90 Å². The predicted octanol–water partition coefficient (Wildman–Crippen LogP) is 2.86. The van der Waals surface area contributed by atoms with E-state index in [0.29, 0.717) is 24.3 Å². The Morgan fingerprint density at radius 1 is 1.36 bits per heavy atom. The Kier molecular flexibility index (Phi) is 5.41. The van der Waals surface area contributed by atoms with Gasteiger partial charge in [-0.3, -0.25) is 9.59 Å². The van der Waals surface area contributed by atoms with Gasteiger partial charge in [0.15, 0.2) is 0 Å². The first-order valence-electron chi connectivity index (χ1n) is 7.70. The highest BCUT2D eigenvalue weighted by Gasteiger charge is 2.28. The van der Waals surface area contributed by atoms with Crippen LogP contribution >= 0.6 is 0 Å². The number of nitrogens with zero attached hydrogens (tertiary/aromatic N) is 1. The number of methoxy groups -OCH3 is 1. The molecule has 5 heteroatoms. The summed E-state index contributed by atoms with van der Waals surface area (Å²) in [6.07, 6.45) is 3.52. The van der Waals surface area contributed by atoms with Gasteiger partial charge in [0.25, 0.3) is 5.91 Å². The zero-order chi connectivity index (χ0) is 16.1. The molecule has 2 rings (SSSR count). The lowest BCUT2D eigenvalue weighted by molar-refractivity contribution is -0.137. The van der Waals surface area contributed by atoms with E-state index in [9.17, 15) is 9.59 Å². The van der Waals surface area contributed by atoms with Crippen molar-refractivity contribution >= 4 is 11.9 Å². The number of carbonyl (C=O) groups excluding carboxylic acids is 1. The van der Waals surface area contributed by atoms with Gasteiger partial charge in [0.1, 0.15) is 5.75 Å².